The predicted octanol–water partition coefficient (Wildman–Crippen LogP) is 3.21. The second-order valence-electron chi connectivity index (χ2n) is 4.92. The first kappa shape index (κ1) is 15.9. The lowest BCUT2D eigenvalue weighted by Gasteiger charge is -2.25. The summed E-state index contributed by atoms with van der Waals surface area (Å²) in [5, 5.41) is 2.62. The molecule has 1 heterocycles. The Morgan fingerprint density at radius 1 is 1.48 bits per heavy atom. The van der Waals surface area contributed by atoms with Gasteiger partial charge in [0.2, 0.25) is 5.88 Å². The number of hydrogen-bond donors (Lipinski definition) is 1. The number of nitrogens with one attached hydrogen (secondary N) is 1. The van der Waals surface area contributed by atoms with Gasteiger partial charge in [-0.2, -0.15) is 13.2 Å². The summed E-state index contributed by atoms with van der Waals surface area (Å²) in [7, 11) is 0. The largest absolute Gasteiger partial charge is 0.467 e. The summed E-state index contributed by atoms with van der Waals surface area (Å²) in [5.74, 6) is -0.185. The lowest BCUT2D eigenvalue weighted by Crippen LogP contribution is -2.32. The first-order valence-corrected chi connectivity index (χ1v) is 6.86. The van der Waals surface area contributed by atoms with Gasteiger partial charge in [0.1, 0.15) is 5.02 Å². The number of pyridine rings is 1. The predicted molar refractivity (Wildman–Crippen MR) is 70.5 cm³/mol. The molecule has 21 heavy (non-hydrogen) atoms. The number of alkyl halides is 3. The normalized spacial score (nSPS) is 15.4. The van der Waals surface area contributed by atoms with Gasteiger partial charge in [0.15, 0.2) is 6.61 Å². The zero-order valence-electron chi connectivity index (χ0n) is 11.0. The minimum absolute atomic E-state index is 0.129. The third-order valence-corrected chi connectivity index (χ3v) is 3.49. The molecule has 0 aliphatic heterocycles. The van der Waals surface area contributed by atoms with Crippen LogP contribution in [0.3, 0.4) is 0 Å². The maximum Gasteiger partial charge on any atom is 0.422 e. The molecule has 1 aliphatic carbocycles. The number of halogens is 4. The molecule has 1 amide bonds. The summed E-state index contributed by atoms with van der Waals surface area (Å²) in [5.41, 5.74) is 0.193. The minimum Gasteiger partial charge on any atom is -0.467 e. The Kier molecular flexibility index (Phi) is 4.92. The van der Waals surface area contributed by atoms with Gasteiger partial charge in [0, 0.05) is 12.7 Å². The van der Waals surface area contributed by atoms with Gasteiger partial charge in [-0.05, 0) is 24.8 Å². The van der Waals surface area contributed by atoms with Crippen LogP contribution in [0, 0.1) is 5.92 Å². The van der Waals surface area contributed by atoms with Gasteiger partial charge in [-0.25, -0.2) is 4.98 Å². The van der Waals surface area contributed by atoms with E-state index in [0.717, 1.165) is 19.0 Å². The summed E-state index contributed by atoms with van der Waals surface area (Å²) in [6.45, 7) is -0.893. The van der Waals surface area contributed by atoms with E-state index in [1.165, 1.54) is 12.5 Å². The van der Waals surface area contributed by atoms with Gasteiger partial charge in [0.05, 0.1) is 5.56 Å². The Morgan fingerprint density at radius 2 is 2.19 bits per heavy atom. The van der Waals surface area contributed by atoms with Crippen molar-refractivity contribution in [3.8, 4) is 5.88 Å². The average Bonchev–Trinajstić information content (AvgIpc) is 2.34. The number of ether oxygens (including phenoxy) is 1. The van der Waals surface area contributed by atoms with Crippen LogP contribution in [0.4, 0.5) is 13.2 Å². The van der Waals surface area contributed by atoms with Crippen molar-refractivity contribution in [1.82, 2.24) is 10.3 Å². The van der Waals surface area contributed by atoms with E-state index >= 15 is 0 Å². The van der Waals surface area contributed by atoms with Crippen molar-refractivity contribution in [2.24, 2.45) is 5.92 Å². The second kappa shape index (κ2) is 6.51. The molecule has 8 heteroatoms. The van der Waals surface area contributed by atoms with Crippen LogP contribution in [0.25, 0.3) is 0 Å². The highest BCUT2D eigenvalue weighted by molar-refractivity contribution is 6.32. The third kappa shape index (κ3) is 4.77. The molecule has 1 aliphatic rings. The van der Waals surface area contributed by atoms with E-state index in [1.807, 2.05) is 0 Å². The molecule has 0 saturated heterocycles. The van der Waals surface area contributed by atoms with Crippen molar-refractivity contribution in [3.63, 3.8) is 0 Å². The van der Waals surface area contributed by atoms with Crippen LogP contribution in [0.1, 0.15) is 29.6 Å². The first-order chi connectivity index (χ1) is 9.85. The highest BCUT2D eigenvalue weighted by Crippen LogP contribution is 2.26. The molecule has 1 fully saturated rings. The number of nitrogens with zero attached hydrogens (tertiary/aromatic N) is 1. The molecule has 0 spiro atoms. The molecular weight excluding hydrogens is 309 g/mol. The molecule has 0 atom stereocenters. The summed E-state index contributed by atoms with van der Waals surface area (Å²) < 4.78 is 40.6. The maximum atomic E-state index is 12.0. The Bertz CT molecular complexity index is 519. The summed E-state index contributed by atoms with van der Waals surface area (Å²) in [6, 6.07) is 1.25. The lowest BCUT2D eigenvalue weighted by molar-refractivity contribution is -0.154. The molecule has 1 N–H and O–H groups in total. The van der Waals surface area contributed by atoms with Crippen LogP contribution in [0.2, 0.25) is 5.02 Å². The molecule has 1 aromatic rings. The first-order valence-electron chi connectivity index (χ1n) is 6.48. The van der Waals surface area contributed by atoms with Gasteiger partial charge >= 0.3 is 6.18 Å². The smallest absolute Gasteiger partial charge is 0.422 e. The van der Waals surface area contributed by atoms with E-state index < -0.39 is 12.8 Å². The topological polar surface area (TPSA) is 51.2 Å². The standard InChI is InChI=1S/C13H14ClF3N2O2/c14-10-4-9(11(20)18-5-8-2-1-3-8)6-19-12(10)21-7-13(15,16)17/h4,6,8H,1-3,5,7H2,(H,18,20). The molecule has 2 rings (SSSR count). The number of aromatic nitrogens is 1. The Hall–Kier alpha value is -1.50. The molecule has 1 aromatic heterocycles. The minimum atomic E-state index is -4.47. The quantitative estimate of drug-likeness (QED) is 0.905. The SMILES string of the molecule is O=C(NCC1CCC1)c1cnc(OCC(F)(F)F)c(Cl)c1. The maximum absolute atomic E-state index is 12.0. The van der Waals surface area contributed by atoms with Crippen LogP contribution in [0.15, 0.2) is 12.3 Å². The van der Waals surface area contributed by atoms with Gasteiger partial charge in [-0.1, -0.05) is 18.0 Å². The monoisotopic (exact) mass is 322 g/mol. The summed E-state index contributed by atoms with van der Waals surface area (Å²) in [4.78, 5) is 15.5. The highest BCUT2D eigenvalue weighted by atomic mass is 35.5. The number of rotatable bonds is 5. The average molecular weight is 323 g/mol. The van der Waals surface area contributed by atoms with Crippen molar-refractivity contribution < 1.29 is 22.7 Å². The highest BCUT2D eigenvalue weighted by Gasteiger charge is 2.29. The number of carbonyl (C=O) groups is 1. The van der Waals surface area contributed by atoms with E-state index in [2.05, 4.69) is 15.0 Å². The molecule has 0 bridgehead atoms. The Balaban J connectivity index is 1.92. The van der Waals surface area contributed by atoms with Crippen LogP contribution in [0.5, 0.6) is 5.88 Å². The number of carbonyl (C=O) groups excluding carboxylic acids is 1. The molecular formula is C13H14ClF3N2O2. The van der Waals surface area contributed by atoms with E-state index in [4.69, 9.17) is 11.6 Å². The van der Waals surface area contributed by atoms with Crippen molar-refractivity contribution in [2.45, 2.75) is 25.4 Å². The van der Waals surface area contributed by atoms with E-state index in [9.17, 15) is 18.0 Å². The molecule has 116 valence electrons. The van der Waals surface area contributed by atoms with E-state index in [1.54, 1.807) is 0 Å². The van der Waals surface area contributed by atoms with Crippen molar-refractivity contribution in [1.29, 1.82) is 0 Å². The molecule has 0 aromatic carbocycles. The molecule has 0 radical (unpaired) electrons. The van der Waals surface area contributed by atoms with Crippen LogP contribution in [-0.2, 0) is 0 Å². The van der Waals surface area contributed by atoms with Gasteiger partial charge in [-0.3, -0.25) is 4.79 Å². The third-order valence-electron chi connectivity index (χ3n) is 3.22. The molecule has 1 saturated carbocycles. The van der Waals surface area contributed by atoms with Crippen molar-refractivity contribution in [2.75, 3.05) is 13.2 Å². The van der Waals surface area contributed by atoms with Gasteiger partial charge < -0.3 is 10.1 Å². The van der Waals surface area contributed by atoms with E-state index in [-0.39, 0.29) is 22.4 Å². The number of hydrogen-bond acceptors (Lipinski definition) is 3. The van der Waals surface area contributed by atoms with Gasteiger partial charge in [0.25, 0.3) is 5.91 Å². The van der Waals surface area contributed by atoms with E-state index in [0.29, 0.717) is 12.5 Å². The summed E-state index contributed by atoms with van der Waals surface area (Å²) in [6.07, 6.45) is 0.0592. The fourth-order valence-corrected chi connectivity index (χ4v) is 2.06. The lowest BCUT2D eigenvalue weighted by atomic mass is 9.85. The van der Waals surface area contributed by atoms with Crippen molar-refractivity contribution >= 4 is 17.5 Å². The Labute approximate surface area is 124 Å². The fourth-order valence-electron chi connectivity index (χ4n) is 1.84. The van der Waals surface area contributed by atoms with Gasteiger partial charge in [-0.15, -0.1) is 0 Å². The van der Waals surface area contributed by atoms with Crippen LogP contribution < -0.4 is 10.1 Å². The Morgan fingerprint density at radius 3 is 2.71 bits per heavy atom. The second-order valence-corrected chi connectivity index (χ2v) is 5.33. The molecule has 4 nitrogen and oxygen atoms in total. The van der Waals surface area contributed by atoms with Crippen molar-refractivity contribution in [3.05, 3.63) is 22.8 Å². The number of amides is 1. The fraction of sp³-hybridized carbons (Fsp3) is 0.538. The molecule has 0 unspecified atom stereocenters. The zero-order chi connectivity index (χ0) is 15.5. The van der Waals surface area contributed by atoms with Crippen LogP contribution >= 0.6 is 11.6 Å². The summed E-state index contributed by atoms with van der Waals surface area (Å²) >= 11 is 5.77. The zero-order valence-corrected chi connectivity index (χ0v) is 11.8. The van der Waals surface area contributed by atoms with Crippen LogP contribution in [-0.4, -0.2) is 30.2 Å².